The van der Waals surface area contributed by atoms with E-state index in [4.69, 9.17) is 4.74 Å². The number of nitrogens with zero attached hydrogens (tertiary/aromatic N) is 2. The van der Waals surface area contributed by atoms with Crippen LogP contribution in [0.5, 0.6) is 5.75 Å². The van der Waals surface area contributed by atoms with E-state index in [1.165, 1.54) is 0 Å². The number of nitrogens with one attached hydrogen (secondary N) is 1. The molecule has 1 aromatic carbocycles. The van der Waals surface area contributed by atoms with Crippen molar-refractivity contribution in [2.24, 2.45) is 0 Å². The highest BCUT2D eigenvalue weighted by Crippen LogP contribution is 2.35. The lowest BCUT2D eigenvalue weighted by molar-refractivity contribution is -0.121. The topological polar surface area (TPSA) is 91.8 Å². The lowest BCUT2D eigenvalue weighted by atomic mass is 9.92. The predicted octanol–water partition coefficient (Wildman–Crippen LogP) is 3.32. The van der Waals surface area contributed by atoms with Crippen molar-refractivity contribution in [1.29, 1.82) is 0 Å². The number of rotatable bonds is 5. The number of carbonyl (C=O) groups excluding carboxylic acids is 2. The molecule has 156 valence electrons. The fourth-order valence-corrected chi connectivity index (χ4v) is 4.04. The average Bonchev–Trinajstić information content (AvgIpc) is 2.75. The number of halogens is 1. The van der Waals surface area contributed by atoms with Crippen molar-refractivity contribution in [2.45, 2.75) is 44.4 Å². The first kappa shape index (κ1) is 20.8. The van der Waals surface area contributed by atoms with Gasteiger partial charge in [-0.3, -0.25) is 14.6 Å². The second kappa shape index (κ2) is 9.13. The number of benzene rings is 1. The highest BCUT2D eigenvalue weighted by molar-refractivity contribution is 14.1. The van der Waals surface area contributed by atoms with Crippen LogP contribution in [0.4, 0.5) is 5.69 Å². The molecule has 4 rings (SSSR count). The molecule has 2 aromatic rings. The lowest BCUT2D eigenvalue weighted by Gasteiger charge is -2.31. The maximum absolute atomic E-state index is 12.8. The summed E-state index contributed by atoms with van der Waals surface area (Å²) in [5.41, 5.74) is 2.14. The number of aromatic nitrogens is 1. The number of amides is 1. The average molecular weight is 519 g/mol. The number of fused-ring (bicyclic) bond motifs is 1. The number of ether oxygens (including phenoxy) is 1. The first-order valence-corrected chi connectivity index (χ1v) is 11.0. The van der Waals surface area contributed by atoms with Gasteiger partial charge in [0.05, 0.1) is 24.0 Å². The van der Waals surface area contributed by atoms with Crippen LogP contribution in [0, 0.1) is 0 Å². The Morgan fingerprint density at radius 3 is 2.73 bits per heavy atom. The number of anilines is 1. The molecule has 2 atom stereocenters. The van der Waals surface area contributed by atoms with Crippen molar-refractivity contribution in [3.8, 4) is 5.75 Å². The lowest BCUT2D eigenvalue weighted by Crippen LogP contribution is -2.46. The van der Waals surface area contributed by atoms with Crippen molar-refractivity contribution in [3.05, 3.63) is 65.8 Å². The minimum Gasteiger partial charge on any atom is -0.448 e. The summed E-state index contributed by atoms with van der Waals surface area (Å²) < 4.78 is 5.74. The Bertz CT molecular complexity index is 977. The van der Waals surface area contributed by atoms with Crippen LogP contribution >= 0.6 is 22.6 Å². The molecule has 0 unspecified atom stereocenters. The minimum absolute atomic E-state index is 0.111. The van der Waals surface area contributed by atoms with Crippen LogP contribution < -0.4 is 15.0 Å². The third-order valence-electron chi connectivity index (χ3n) is 5.32. The first-order chi connectivity index (χ1) is 14.5. The van der Waals surface area contributed by atoms with E-state index in [1.54, 1.807) is 41.1 Å². The maximum Gasteiger partial charge on any atom is 0.288 e. The van der Waals surface area contributed by atoms with Gasteiger partial charge in [-0.15, -0.1) is 0 Å². The van der Waals surface area contributed by atoms with E-state index in [1.807, 2.05) is 35.2 Å². The molecule has 8 heteroatoms. The number of hydrogen-bond donors (Lipinski definition) is 2. The SMILES string of the molecule is O=C(N[C@H]1CCCC[C@@H]1O)C1=CN(Cc2ccc(C(=O)I)nc2)c2ccccc2O1. The molecule has 2 heterocycles. The van der Waals surface area contributed by atoms with Gasteiger partial charge in [0.15, 0.2) is 5.75 Å². The first-order valence-electron chi connectivity index (χ1n) is 9.90. The molecule has 1 amide bonds. The van der Waals surface area contributed by atoms with Crippen molar-refractivity contribution in [2.75, 3.05) is 4.90 Å². The van der Waals surface area contributed by atoms with Gasteiger partial charge in [-0.05, 0) is 36.6 Å². The van der Waals surface area contributed by atoms with Gasteiger partial charge in [0, 0.05) is 35.3 Å². The zero-order valence-corrected chi connectivity index (χ0v) is 18.4. The Morgan fingerprint density at radius 2 is 2.00 bits per heavy atom. The summed E-state index contributed by atoms with van der Waals surface area (Å²) in [7, 11) is 0. The van der Waals surface area contributed by atoms with E-state index < -0.39 is 6.10 Å². The third kappa shape index (κ3) is 4.65. The highest BCUT2D eigenvalue weighted by Gasteiger charge is 2.29. The fraction of sp³-hybridized carbons (Fsp3) is 0.318. The van der Waals surface area contributed by atoms with Crippen LogP contribution in [0.1, 0.15) is 41.7 Å². The number of aliphatic hydroxyl groups is 1. The molecule has 1 saturated carbocycles. The number of aliphatic hydroxyl groups excluding tert-OH is 1. The van der Waals surface area contributed by atoms with E-state index in [-0.39, 0.29) is 21.5 Å². The second-order valence-corrected chi connectivity index (χ2v) is 8.43. The standard InChI is InChI=1S/C22H22IN3O4/c23-21(28)16-10-9-14(11-24-16)12-26-13-20(30-19-8-4-2-6-17(19)26)22(29)25-15-5-1-3-7-18(15)27/h2,4,6,8-11,13,15,18,27H,1,3,5,7,12H2,(H,25,29)/t15-,18-/m0/s1. The second-order valence-electron chi connectivity index (χ2n) is 7.45. The molecule has 30 heavy (non-hydrogen) atoms. The Hall–Kier alpha value is -2.46. The Labute approximate surface area is 188 Å². The van der Waals surface area contributed by atoms with E-state index in [0.717, 1.165) is 30.5 Å². The van der Waals surface area contributed by atoms with Crippen LogP contribution in [0.3, 0.4) is 0 Å². The highest BCUT2D eigenvalue weighted by atomic mass is 127. The molecule has 1 aliphatic heterocycles. The van der Waals surface area contributed by atoms with Gasteiger partial charge in [0.1, 0.15) is 5.69 Å². The molecular weight excluding hydrogens is 497 g/mol. The molecule has 1 fully saturated rings. The van der Waals surface area contributed by atoms with Crippen molar-refractivity contribution in [3.63, 3.8) is 0 Å². The third-order valence-corrected chi connectivity index (χ3v) is 5.87. The van der Waals surface area contributed by atoms with Gasteiger partial charge >= 0.3 is 0 Å². The Kier molecular flexibility index (Phi) is 6.33. The van der Waals surface area contributed by atoms with Crippen LogP contribution in [0.25, 0.3) is 0 Å². The summed E-state index contributed by atoms with van der Waals surface area (Å²) in [6.07, 6.45) is 6.22. The fourth-order valence-electron chi connectivity index (χ4n) is 3.72. The molecule has 1 aliphatic carbocycles. The molecule has 7 nitrogen and oxygen atoms in total. The number of carbonyl (C=O) groups is 2. The quantitative estimate of drug-likeness (QED) is 0.466. The van der Waals surface area contributed by atoms with Crippen molar-refractivity contribution >= 4 is 38.0 Å². The van der Waals surface area contributed by atoms with Gasteiger partial charge in [-0.25, -0.2) is 0 Å². The summed E-state index contributed by atoms with van der Waals surface area (Å²) >= 11 is 1.71. The molecule has 0 bridgehead atoms. The number of hydrogen-bond acceptors (Lipinski definition) is 6. The van der Waals surface area contributed by atoms with E-state index in [0.29, 0.717) is 24.4 Å². The number of para-hydroxylation sites is 2. The van der Waals surface area contributed by atoms with Gasteiger partial charge < -0.3 is 20.1 Å². The van der Waals surface area contributed by atoms with Gasteiger partial charge in [-0.1, -0.05) is 31.0 Å². The van der Waals surface area contributed by atoms with E-state index >= 15 is 0 Å². The van der Waals surface area contributed by atoms with E-state index in [9.17, 15) is 14.7 Å². The summed E-state index contributed by atoms with van der Waals surface area (Å²) in [6, 6.07) is 10.8. The zero-order valence-electron chi connectivity index (χ0n) is 16.3. The molecule has 0 spiro atoms. The smallest absolute Gasteiger partial charge is 0.288 e. The zero-order chi connectivity index (χ0) is 21.1. The van der Waals surface area contributed by atoms with Crippen LogP contribution in [-0.2, 0) is 11.3 Å². The van der Waals surface area contributed by atoms with Crippen molar-refractivity contribution in [1.82, 2.24) is 10.3 Å². The summed E-state index contributed by atoms with van der Waals surface area (Å²) in [5.74, 6) is 0.421. The molecule has 2 aliphatic rings. The molecule has 2 N–H and O–H groups in total. The Morgan fingerprint density at radius 1 is 1.20 bits per heavy atom. The maximum atomic E-state index is 12.8. The molecular formula is C22H22IN3O4. The Balaban J connectivity index is 1.55. The van der Waals surface area contributed by atoms with E-state index in [2.05, 4.69) is 10.3 Å². The molecule has 1 aromatic heterocycles. The summed E-state index contributed by atoms with van der Waals surface area (Å²) in [6.45, 7) is 0.464. The van der Waals surface area contributed by atoms with Crippen molar-refractivity contribution < 1.29 is 19.4 Å². The normalized spacial score (nSPS) is 20.6. The van der Waals surface area contributed by atoms with Crippen LogP contribution in [0.15, 0.2) is 54.6 Å². The van der Waals surface area contributed by atoms with Gasteiger partial charge in [-0.2, -0.15) is 0 Å². The van der Waals surface area contributed by atoms with Gasteiger partial charge in [0.25, 0.3) is 5.91 Å². The summed E-state index contributed by atoms with van der Waals surface area (Å²) in [4.78, 5) is 30.4. The van der Waals surface area contributed by atoms with Crippen LogP contribution in [0.2, 0.25) is 0 Å². The van der Waals surface area contributed by atoms with Gasteiger partial charge in [0.2, 0.25) is 9.55 Å². The largest absolute Gasteiger partial charge is 0.448 e. The summed E-state index contributed by atoms with van der Waals surface area (Å²) in [5, 5.41) is 13.1. The molecule has 0 saturated heterocycles. The monoisotopic (exact) mass is 519 g/mol. The van der Waals surface area contributed by atoms with Crippen LogP contribution in [-0.4, -0.2) is 31.9 Å². The predicted molar refractivity (Wildman–Crippen MR) is 120 cm³/mol. The number of pyridine rings is 1. The minimum atomic E-state index is -0.527. The molecule has 0 radical (unpaired) electrons.